The summed E-state index contributed by atoms with van der Waals surface area (Å²) in [6.45, 7) is 2.37. The van der Waals surface area contributed by atoms with Crippen LogP contribution in [0.2, 0.25) is 5.02 Å². The van der Waals surface area contributed by atoms with E-state index in [-0.39, 0.29) is 22.6 Å². The van der Waals surface area contributed by atoms with E-state index in [2.05, 4.69) is 0 Å². The van der Waals surface area contributed by atoms with E-state index in [1.807, 2.05) is 6.92 Å². The second-order valence-electron chi connectivity index (χ2n) is 5.12. The van der Waals surface area contributed by atoms with Crippen molar-refractivity contribution in [2.24, 2.45) is 0 Å². The summed E-state index contributed by atoms with van der Waals surface area (Å²) >= 11 is 6.05. The van der Waals surface area contributed by atoms with Crippen molar-refractivity contribution in [1.82, 2.24) is 4.31 Å². The Kier molecular flexibility index (Phi) is 5.07. The first kappa shape index (κ1) is 15.8. The average molecular weight is 318 g/mol. The highest BCUT2D eigenvalue weighted by atomic mass is 35.5. The highest BCUT2D eigenvalue weighted by Crippen LogP contribution is 2.34. The van der Waals surface area contributed by atoms with Gasteiger partial charge in [0.1, 0.15) is 4.90 Å². The number of nitrogens with zero attached hydrogens (tertiary/aromatic N) is 1. The van der Waals surface area contributed by atoms with Crippen molar-refractivity contribution >= 4 is 21.6 Å². The van der Waals surface area contributed by atoms with Gasteiger partial charge in [0.25, 0.3) is 0 Å². The van der Waals surface area contributed by atoms with E-state index < -0.39 is 10.0 Å². The van der Waals surface area contributed by atoms with Crippen molar-refractivity contribution in [1.29, 1.82) is 0 Å². The third kappa shape index (κ3) is 3.34. The third-order valence-electron chi connectivity index (χ3n) is 3.45. The molecule has 0 unspecified atom stereocenters. The molecule has 0 amide bonds. The Labute approximate surface area is 125 Å². The van der Waals surface area contributed by atoms with Crippen LogP contribution in [0.25, 0.3) is 0 Å². The number of hydrogen-bond donors (Lipinski definition) is 1. The van der Waals surface area contributed by atoms with Crippen LogP contribution in [0.1, 0.15) is 38.2 Å². The maximum atomic E-state index is 12.8. The number of halogens is 1. The number of hydrogen-bond acceptors (Lipinski definition) is 3. The van der Waals surface area contributed by atoms with Crippen molar-refractivity contribution in [2.45, 2.75) is 50.2 Å². The number of benzene rings is 1. The van der Waals surface area contributed by atoms with Gasteiger partial charge in [0.05, 0.1) is 11.6 Å². The van der Waals surface area contributed by atoms with E-state index in [1.54, 1.807) is 10.4 Å². The van der Waals surface area contributed by atoms with Crippen LogP contribution in [-0.2, 0) is 16.6 Å². The van der Waals surface area contributed by atoms with Gasteiger partial charge in [0, 0.05) is 12.6 Å². The normalized spacial score (nSPS) is 15.8. The van der Waals surface area contributed by atoms with Gasteiger partial charge < -0.3 is 5.11 Å². The Morgan fingerprint density at radius 1 is 1.40 bits per heavy atom. The molecule has 4 nitrogen and oxygen atoms in total. The van der Waals surface area contributed by atoms with Crippen molar-refractivity contribution < 1.29 is 13.5 Å². The van der Waals surface area contributed by atoms with Crippen LogP contribution in [0.3, 0.4) is 0 Å². The second-order valence-corrected chi connectivity index (χ2v) is 7.39. The Balaban J connectivity index is 2.36. The quantitative estimate of drug-likeness (QED) is 0.841. The molecule has 1 saturated carbocycles. The number of unbranched alkanes of at least 4 members (excludes halogenated alkanes) is 1. The SMILES string of the molecule is CCCCN(C1CC1)S(=O)(=O)c1cc(CO)ccc1Cl. The summed E-state index contributed by atoms with van der Waals surface area (Å²) in [4.78, 5) is 0.105. The van der Waals surface area contributed by atoms with E-state index in [9.17, 15) is 8.42 Å². The molecule has 1 fully saturated rings. The van der Waals surface area contributed by atoms with Crippen LogP contribution in [0.15, 0.2) is 23.1 Å². The Bertz CT molecular complexity index is 570. The molecule has 0 aromatic heterocycles. The molecule has 2 rings (SSSR count). The largest absolute Gasteiger partial charge is 0.392 e. The summed E-state index contributed by atoms with van der Waals surface area (Å²) in [6, 6.07) is 4.75. The van der Waals surface area contributed by atoms with Crippen LogP contribution >= 0.6 is 11.6 Å². The number of rotatable bonds is 7. The maximum absolute atomic E-state index is 12.8. The lowest BCUT2D eigenvalue weighted by atomic mass is 10.2. The molecule has 0 atom stereocenters. The molecule has 20 heavy (non-hydrogen) atoms. The first-order valence-electron chi connectivity index (χ1n) is 6.91. The lowest BCUT2D eigenvalue weighted by Gasteiger charge is -2.22. The number of sulfonamides is 1. The lowest BCUT2D eigenvalue weighted by Crippen LogP contribution is -2.34. The monoisotopic (exact) mass is 317 g/mol. The van der Waals surface area contributed by atoms with Gasteiger partial charge in [-0.3, -0.25) is 0 Å². The summed E-state index contributed by atoms with van der Waals surface area (Å²) < 4.78 is 27.1. The van der Waals surface area contributed by atoms with Gasteiger partial charge in [-0.25, -0.2) is 8.42 Å². The lowest BCUT2D eigenvalue weighted by molar-refractivity contribution is 0.281. The number of aliphatic hydroxyl groups excluding tert-OH is 1. The average Bonchev–Trinajstić information content (AvgIpc) is 3.24. The zero-order valence-corrected chi connectivity index (χ0v) is 13.1. The summed E-state index contributed by atoms with van der Waals surface area (Å²) in [7, 11) is -3.58. The molecule has 0 radical (unpaired) electrons. The highest BCUT2D eigenvalue weighted by molar-refractivity contribution is 7.89. The van der Waals surface area contributed by atoms with Crippen molar-refractivity contribution in [3.8, 4) is 0 Å². The summed E-state index contributed by atoms with van der Waals surface area (Å²) in [5.41, 5.74) is 0.555. The molecule has 1 aromatic rings. The van der Waals surface area contributed by atoms with Gasteiger partial charge in [0.2, 0.25) is 10.0 Å². The molecule has 0 aliphatic heterocycles. The van der Waals surface area contributed by atoms with E-state index in [1.165, 1.54) is 12.1 Å². The van der Waals surface area contributed by atoms with Gasteiger partial charge in [-0.1, -0.05) is 31.0 Å². The summed E-state index contributed by atoms with van der Waals surface area (Å²) in [5, 5.41) is 9.38. The van der Waals surface area contributed by atoms with E-state index in [4.69, 9.17) is 16.7 Å². The molecule has 0 saturated heterocycles. The van der Waals surface area contributed by atoms with Crippen LogP contribution in [0, 0.1) is 0 Å². The summed E-state index contributed by atoms with van der Waals surface area (Å²) in [6.07, 6.45) is 3.62. The van der Waals surface area contributed by atoms with Crippen molar-refractivity contribution in [2.75, 3.05) is 6.54 Å². The Hall–Kier alpha value is -0.620. The standard InChI is InChI=1S/C14H20ClNO3S/c1-2-3-8-16(12-5-6-12)20(18,19)14-9-11(10-17)4-7-13(14)15/h4,7,9,12,17H,2-3,5-6,8,10H2,1H3. The molecule has 0 spiro atoms. The molecule has 1 aliphatic rings. The van der Waals surface area contributed by atoms with Gasteiger partial charge >= 0.3 is 0 Å². The molecule has 1 N–H and O–H groups in total. The predicted octanol–water partition coefficient (Wildman–Crippen LogP) is 2.79. The predicted molar refractivity (Wildman–Crippen MR) is 79.2 cm³/mol. The van der Waals surface area contributed by atoms with Gasteiger partial charge in [-0.2, -0.15) is 4.31 Å². The topological polar surface area (TPSA) is 57.6 Å². The number of aliphatic hydroxyl groups is 1. The van der Waals surface area contributed by atoms with Crippen LogP contribution < -0.4 is 0 Å². The fourth-order valence-corrected chi connectivity index (χ4v) is 4.40. The zero-order chi connectivity index (χ0) is 14.8. The highest BCUT2D eigenvalue weighted by Gasteiger charge is 2.38. The van der Waals surface area contributed by atoms with Gasteiger partial charge in [-0.15, -0.1) is 0 Å². The van der Waals surface area contributed by atoms with Crippen LogP contribution in [0.5, 0.6) is 0 Å². The Morgan fingerprint density at radius 2 is 2.10 bits per heavy atom. The Morgan fingerprint density at radius 3 is 2.65 bits per heavy atom. The zero-order valence-electron chi connectivity index (χ0n) is 11.5. The molecule has 1 aliphatic carbocycles. The van der Waals surface area contributed by atoms with E-state index in [0.717, 1.165) is 25.7 Å². The smallest absolute Gasteiger partial charge is 0.244 e. The first-order valence-corrected chi connectivity index (χ1v) is 8.73. The minimum Gasteiger partial charge on any atom is -0.392 e. The van der Waals surface area contributed by atoms with Crippen LogP contribution in [-0.4, -0.2) is 30.4 Å². The minimum atomic E-state index is -3.58. The molecule has 1 aromatic carbocycles. The molecular weight excluding hydrogens is 298 g/mol. The van der Waals surface area contributed by atoms with E-state index >= 15 is 0 Å². The summed E-state index contributed by atoms with van der Waals surface area (Å²) in [5.74, 6) is 0. The minimum absolute atomic E-state index is 0.105. The molecule has 112 valence electrons. The van der Waals surface area contributed by atoms with E-state index in [0.29, 0.717) is 12.1 Å². The van der Waals surface area contributed by atoms with Crippen LogP contribution in [0.4, 0.5) is 0 Å². The van der Waals surface area contributed by atoms with Crippen molar-refractivity contribution in [3.63, 3.8) is 0 Å². The molecular formula is C14H20ClNO3S. The van der Waals surface area contributed by atoms with Crippen molar-refractivity contribution in [3.05, 3.63) is 28.8 Å². The molecule has 0 bridgehead atoms. The maximum Gasteiger partial charge on any atom is 0.244 e. The van der Waals surface area contributed by atoms with Gasteiger partial charge in [0.15, 0.2) is 0 Å². The first-order chi connectivity index (χ1) is 9.50. The second kappa shape index (κ2) is 6.43. The molecule has 0 heterocycles. The fourth-order valence-electron chi connectivity index (χ4n) is 2.15. The third-order valence-corrected chi connectivity index (χ3v) is 5.88. The molecule has 6 heteroatoms. The van der Waals surface area contributed by atoms with Gasteiger partial charge in [-0.05, 0) is 37.0 Å². The fraction of sp³-hybridized carbons (Fsp3) is 0.571.